The maximum atomic E-state index is 12.8. The highest BCUT2D eigenvalue weighted by atomic mass is 31.2. The van der Waals surface area contributed by atoms with E-state index < -0.39 is 32.5 Å². The number of phosphoric ester groups is 1. The smallest absolute Gasteiger partial charge is 0.462 e. The van der Waals surface area contributed by atoms with Crippen LogP contribution in [0.25, 0.3) is 0 Å². The topological polar surface area (TPSA) is 108 Å². The molecule has 0 rings (SSSR count). The first-order chi connectivity index (χ1) is 38.0. The Bertz CT molecular complexity index is 1920. The maximum absolute atomic E-state index is 12.8. The molecule has 10 heteroatoms. The van der Waals surface area contributed by atoms with Gasteiger partial charge in [-0.2, -0.15) is 0 Å². The van der Waals surface area contributed by atoms with Crippen molar-refractivity contribution >= 4 is 19.8 Å². The van der Waals surface area contributed by atoms with Gasteiger partial charge in [-0.25, -0.2) is 4.57 Å². The molecular formula is C68H109NO8P+. The van der Waals surface area contributed by atoms with Gasteiger partial charge in [-0.15, -0.1) is 0 Å². The summed E-state index contributed by atoms with van der Waals surface area (Å²) in [5.41, 5.74) is 0. The SMILES string of the molecule is CC/C=C\C/C=C\C/C=C\C/C=C\C/C=C\C/C=C\C/C=C\C/C=C\C/C=C\C/C=C\CCCCCCC(=O)OC(COC(=O)CCCCCCCC/C=C\C/C=C\C/C=C\C/C=C\CC)COP(=O)(O)OCC[N+](C)(C)C. The van der Waals surface area contributed by atoms with Gasteiger partial charge in [0.05, 0.1) is 27.7 Å². The number of esters is 2. The molecule has 0 saturated heterocycles. The van der Waals surface area contributed by atoms with Gasteiger partial charge in [-0.05, 0) is 128 Å². The zero-order chi connectivity index (χ0) is 57.0. The van der Waals surface area contributed by atoms with E-state index in [9.17, 15) is 19.0 Å². The zero-order valence-corrected chi connectivity index (χ0v) is 50.5. The summed E-state index contributed by atoms with van der Waals surface area (Å²) in [6.45, 7) is 4.12. The molecule has 2 atom stereocenters. The average molecular weight is 1100 g/mol. The third-order valence-electron chi connectivity index (χ3n) is 11.7. The van der Waals surface area contributed by atoms with E-state index in [0.717, 1.165) is 154 Å². The maximum Gasteiger partial charge on any atom is 0.472 e. The minimum Gasteiger partial charge on any atom is -0.462 e. The van der Waals surface area contributed by atoms with Gasteiger partial charge in [0, 0.05) is 12.8 Å². The summed E-state index contributed by atoms with van der Waals surface area (Å²) >= 11 is 0. The Morgan fingerprint density at radius 3 is 1.03 bits per heavy atom. The van der Waals surface area contributed by atoms with Gasteiger partial charge in [-0.3, -0.25) is 18.6 Å². The fourth-order valence-corrected chi connectivity index (χ4v) is 7.95. The second-order valence-corrected chi connectivity index (χ2v) is 21.7. The van der Waals surface area contributed by atoms with E-state index in [2.05, 4.69) is 184 Å². The summed E-state index contributed by atoms with van der Waals surface area (Å²) in [4.78, 5) is 35.7. The Morgan fingerprint density at radius 2 is 0.692 bits per heavy atom. The van der Waals surface area contributed by atoms with E-state index in [-0.39, 0.29) is 26.1 Å². The van der Waals surface area contributed by atoms with Crippen molar-refractivity contribution in [2.75, 3.05) is 47.5 Å². The molecule has 0 aromatic heterocycles. The third kappa shape index (κ3) is 60.6. The van der Waals surface area contributed by atoms with E-state index in [1.165, 1.54) is 0 Å². The molecule has 2 unspecified atom stereocenters. The van der Waals surface area contributed by atoms with Crippen LogP contribution in [-0.4, -0.2) is 74.9 Å². The summed E-state index contributed by atoms with van der Waals surface area (Å²) in [5, 5.41) is 0. The molecule has 0 aliphatic rings. The first-order valence-corrected chi connectivity index (χ1v) is 31.4. The van der Waals surface area contributed by atoms with Gasteiger partial charge in [0.25, 0.3) is 0 Å². The molecule has 0 amide bonds. The van der Waals surface area contributed by atoms with Gasteiger partial charge < -0.3 is 18.9 Å². The summed E-state index contributed by atoms with van der Waals surface area (Å²) in [6.07, 6.45) is 87.1. The molecule has 0 aromatic rings. The highest BCUT2D eigenvalue weighted by Gasteiger charge is 2.27. The summed E-state index contributed by atoms with van der Waals surface area (Å²) < 4.78 is 34.5. The van der Waals surface area contributed by atoms with Crippen LogP contribution in [0.1, 0.15) is 194 Å². The first-order valence-electron chi connectivity index (χ1n) is 29.9. The Balaban J connectivity index is 4.28. The third-order valence-corrected chi connectivity index (χ3v) is 12.7. The number of hydrogen-bond acceptors (Lipinski definition) is 7. The molecule has 0 aromatic carbocycles. The van der Waals surface area contributed by atoms with Crippen LogP contribution in [0.15, 0.2) is 170 Å². The van der Waals surface area contributed by atoms with E-state index in [0.29, 0.717) is 23.9 Å². The van der Waals surface area contributed by atoms with Gasteiger partial charge >= 0.3 is 19.8 Å². The lowest BCUT2D eigenvalue weighted by atomic mass is 10.1. The summed E-state index contributed by atoms with van der Waals surface area (Å²) in [7, 11) is 1.42. The van der Waals surface area contributed by atoms with Crippen molar-refractivity contribution in [2.24, 2.45) is 0 Å². The van der Waals surface area contributed by atoms with Gasteiger partial charge in [0.2, 0.25) is 0 Å². The van der Waals surface area contributed by atoms with Crippen LogP contribution in [0.3, 0.4) is 0 Å². The number of hydrogen-bond donors (Lipinski definition) is 1. The predicted molar refractivity (Wildman–Crippen MR) is 334 cm³/mol. The highest BCUT2D eigenvalue weighted by Crippen LogP contribution is 2.43. The number of allylic oxidation sites excluding steroid dienone is 28. The Labute approximate surface area is 477 Å². The largest absolute Gasteiger partial charge is 0.472 e. The lowest BCUT2D eigenvalue weighted by Crippen LogP contribution is -2.37. The average Bonchev–Trinajstić information content (AvgIpc) is 3.41. The molecule has 438 valence electrons. The zero-order valence-electron chi connectivity index (χ0n) is 49.6. The number of ether oxygens (including phenoxy) is 2. The second-order valence-electron chi connectivity index (χ2n) is 20.3. The molecule has 0 aliphatic heterocycles. The minimum atomic E-state index is -4.41. The lowest BCUT2D eigenvalue weighted by molar-refractivity contribution is -0.870. The van der Waals surface area contributed by atoms with Crippen LogP contribution < -0.4 is 0 Å². The molecule has 78 heavy (non-hydrogen) atoms. The molecule has 0 heterocycles. The van der Waals surface area contributed by atoms with Crippen LogP contribution in [0.5, 0.6) is 0 Å². The van der Waals surface area contributed by atoms with Crippen LogP contribution in [0, 0.1) is 0 Å². The van der Waals surface area contributed by atoms with Crippen molar-refractivity contribution in [3.05, 3.63) is 170 Å². The van der Waals surface area contributed by atoms with Crippen LogP contribution in [-0.2, 0) is 32.7 Å². The number of phosphoric acid groups is 1. The van der Waals surface area contributed by atoms with E-state index in [1.54, 1.807) is 0 Å². The van der Waals surface area contributed by atoms with Crippen molar-refractivity contribution in [1.29, 1.82) is 0 Å². The quantitative estimate of drug-likeness (QED) is 0.0211. The van der Waals surface area contributed by atoms with Gasteiger partial charge in [-0.1, -0.05) is 223 Å². The van der Waals surface area contributed by atoms with Crippen molar-refractivity contribution in [1.82, 2.24) is 0 Å². The molecule has 0 bridgehead atoms. The Hall–Kier alpha value is -4.63. The molecule has 0 radical (unpaired) electrons. The summed E-state index contributed by atoms with van der Waals surface area (Å²) in [5.74, 6) is -0.859. The molecule has 1 N–H and O–H groups in total. The van der Waals surface area contributed by atoms with Crippen molar-refractivity contribution in [3.63, 3.8) is 0 Å². The number of likely N-dealkylation sites (N-methyl/N-ethyl adjacent to an activating group) is 1. The number of rotatable bonds is 52. The van der Waals surface area contributed by atoms with Crippen LogP contribution in [0.4, 0.5) is 0 Å². The van der Waals surface area contributed by atoms with E-state index in [1.807, 2.05) is 21.1 Å². The summed E-state index contributed by atoms with van der Waals surface area (Å²) in [6, 6.07) is 0. The Kier molecular flexibility index (Phi) is 53.7. The van der Waals surface area contributed by atoms with E-state index >= 15 is 0 Å². The molecule has 0 aliphatic carbocycles. The van der Waals surface area contributed by atoms with Gasteiger partial charge in [0.15, 0.2) is 6.10 Å². The highest BCUT2D eigenvalue weighted by molar-refractivity contribution is 7.47. The molecule has 0 saturated carbocycles. The normalized spacial score (nSPS) is 14.5. The molecule has 0 fully saturated rings. The number of quaternary nitrogens is 1. The number of nitrogens with zero attached hydrogens (tertiary/aromatic N) is 1. The molecule has 9 nitrogen and oxygen atoms in total. The number of unbranched alkanes of at least 4 members (excludes halogenated alkanes) is 10. The minimum absolute atomic E-state index is 0.0133. The lowest BCUT2D eigenvalue weighted by Gasteiger charge is -2.24. The van der Waals surface area contributed by atoms with E-state index in [4.69, 9.17) is 18.5 Å². The number of carbonyl (C=O) groups is 2. The van der Waals surface area contributed by atoms with Crippen molar-refractivity contribution in [3.8, 4) is 0 Å². The van der Waals surface area contributed by atoms with Crippen LogP contribution >= 0.6 is 7.82 Å². The molecule has 0 spiro atoms. The second kappa shape index (κ2) is 57.1. The van der Waals surface area contributed by atoms with Crippen molar-refractivity contribution < 1.29 is 42.1 Å². The number of carbonyl (C=O) groups excluding carboxylic acids is 2. The first kappa shape index (κ1) is 73.4. The Morgan fingerprint density at radius 1 is 0.397 bits per heavy atom. The fourth-order valence-electron chi connectivity index (χ4n) is 7.21. The monoisotopic (exact) mass is 1100 g/mol. The fraction of sp³-hybridized carbons (Fsp3) is 0.559. The van der Waals surface area contributed by atoms with Crippen LogP contribution in [0.2, 0.25) is 0 Å². The van der Waals surface area contributed by atoms with Crippen molar-refractivity contribution in [2.45, 2.75) is 200 Å². The molecular weight excluding hydrogens is 990 g/mol. The standard InChI is InChI=1S/C68H108NO8P/c1-6-8-10-12-14-16-18-20-22-24-26-27-28-29-30-31-32-33-34-35-36-37-38-39-40-41-43-45-47-49-51-53-55-57-59-61-68(71)77-66(65-76-78(72,73)75-63-62-69(3,4)5)64-74-67(70)60-58-56-54-52-50-48-46-44-42-25-23-21-19-17-15-13-11-9-7-2/h8-11,14-17,20-23,26-27,29-30,32-33,35-36,38-39,41-44,47,49,66H,6-7,12-13,18-19,24-25,28,31,34,37,40,45-46,48,50-65H2,1-5H3/p+1/b10-8-,11-9-,16-14-,17-15-,22-20-,23-21-,27-26-,30-29-,33-32-,36-35-,39-38-,43-41-,44-42-,49-47-. The predicted octanol–water partition coefficient (Wildman–Crippen LogP) is 19.0. The van der Waals surface area contributed by atoms with Gasteiger partial charge in [0.1, 0.15) is 19.8 Å².